The van der Waals surface area contributed by atoms with E-state index in [-0.39, 0.29) is 12.2 Å². The fourth-order valence-corrected chi connectivity index (χ4v) is 5.95. The van der Waals surface area contributed by atoms with Crippen molar-refractivity contribution in [1.29, 1.82) is 0 Å². The predicted molar refractivity (Wildman–Crippen MR) is 137 cm³/mol. The van der Waals surface area contributed by atoms with Gasteiger partial charge in [-0.15, -0.1) is 11.3 Å². The predicted octanol–water partition coefficient (Wildman–Crippen LogP) is 4.88. The largest absolute Gasteiger partial charge is 0.463 e. The van der Waals surface area contributed by atoms with E-state index in [0.29, 0.717) is 32.1 Å². The van der Waals surface area contributed by atoms with Gasteiger partial charge in [0.2, 0.25) is 0 Å². The third-order valence-corrected chi connectivity index (χ3v) is 7.79. The minimum Gasteiger partial charge on any atom is -0.463 e. The van der Waals surface area contributed by atoms with Crippen LogP contribution in [0.5, 0.6) is 0 Å². The monoisotopic (exact) mass is 554 g/mol. The first-order valence-corrected chi connectivity index (χ1v) is 13.0. The van der Waals surface area contributed by atoms with Crippen molar-refractivity contribution in [2.75, 3.05) is 6.61 Å². The Balaban J connectivity index is 1.61. The molecular weight excluding hydrogens is 536 g/mol. The third kappa shape index (κ3) is 4.15. The van der Waals surface area contributed by atoms with Crippen LogP contribution in [0.4, 0.5) is 0 Å². The number of halogens is 1. The minimum absolute atomic E-state index is 0.224. The molecule has 4 heterocycles. The van der Waals surface area contributed by atoms with Crippen molar-refractivity contribution in [3.8, 4) is 11.3 Å². The zero-order valence-corrected chi connectivity index (χ0v) is 21.5. The highest BCUT2D eigenvalue weighted by Crippen LogP contribution is 2.33. The maximum Gasteiger partial charge on any atom is 0.338 e. The van der Waals surface area contributed by atoms with Gasteiger partial charge in [0.05, 0.1) is 22.4 Å². The van der Waals surface area contributed by atoms with Gasteiger partial charge < -0.3 is 9.15 Å². The van der Waals surface area contributed by atoms with E-state index in [1.165, 1.54) is 22.7 Å². The Morgan fingerprint density at radius 1 is 1.24 bits per heavy atom. The van der Waals surface area contributed by atoms with E-state index in [0.717, 1.165) is 14.9 Å². The SMILES string of the molecule is CCOC(=O)C1=C(C)N=c2s/c(=C\c3ccc(-c4ccc(Br)cc4)o3)c(=O)n2C1c1cccs1. The second-order valence-electron chi connectivity index (χ2n) is 7.53. The van der Waals surface area contributed by atoms with Crippen LogP contribution in [0, 0.1) is 0 Å². The van der Waals surface area contributed by atoms with Crippen molar-refractivity contribution in [2.24, 2.45) is 4.99 Å². The molecule has 0 spiro atoms. The summed E-state index contributed by atoms with van der Waals surface area (Å²) in [7, 11) is 0. The van der Waals surface area contributed by atoms with E-state index in [2.05, 4.69) is 20.9 Å². The van der Waals surface area contributed by atoms with Crippen molar-refractivity contribution >= 4 is 50.6 Å². The molecular formula is C25H19BrN2O4S2. The van der Waals surface area contributed by atoms with Gasteiger partial charge in [0, 0.05) is 21.0 Å². The zero-order valence-electron chi connectivity index (χ0n) is 18.3. The molecule has 0 radical (unpaired) electrons. The number of thiophene rings is 1. The number of furan rings is 1. The summed E-state index contributed by atoms with van der Waals surface area (Å²) in [6.07, 6.45) is 1.72. The molecule has 0 saturated carbocycles. The maximum atomic E-state index is 13.5. The van der Waals surface area contributed by atoms with E-state index in [9.17, 15) is 9.59 Å². The number of nitrogens with zero attached hydrogens (tertiary/aromatic N) is 2. The number of allylic oxidation sites excluding steroid dienone is 1. The van der Waals surface area contributed by atoms with Gasteiger partial charge in [-0.25, -0.2) is 9.79 Å². The summed E-state index contributed by atoms with van der Waals surface area (Å²) in [5, 5.41) is 1.93. The summed E-state index contributed by atoms with van der Waals surface area (Å²) in [5.41, 5.74) is 1.66. The molecule has 1 unspecified atom stereocenters. The Hall–Kier alpha value is -3.01. The molecule has 5 rings (SSSR count). The summed E-state index contributed by atoms with van der Waals surface area (Å²) in [5.74, 6) is 0.821. The first-order chi connectivity index (χ1) is 16.5. The number of hydrogen-bond acceptors (Lipinski definition) is 7. The Morgan fingerprint density at radius 3 is 2.74 bits per heavy atom. The van der Waals surface area contributed by atoms with E-state index >= 15 is 0 Å². The zero-order chi connectivity index (χ0) is 23.8. The molecule has 0 saturated heterocycles. The van der Waals surface area contributed by atoms with Crippen LogP contribution in [0.1, 0.15) is 30.5 Å². The van der Waals surface area contributed by atoms with Gasteiger partial charge in [-0.1, -0.05) is 45.5 Å². The number of fused-ring (bicyclic) bond motifs is 1. The van der Waals surface area contributed by atoms with Crippen molar-refractivity contribution in [2.45, 2.75) is 19.9 Å². The molecule has 9 heteroatoms. The fourth-order valence-electron chi connectivity index (χ4n) is 3.84. The van der Waals surface area contributed by atoms with E-state index < -0.39 is 12.0 Å². The topological polar surface area (TPSA) is 73.8 Å². The number of aromatic nitrogens is 1. The number of rotatable bonds is 5. The van der Waals surface area contributed by atoms with Crippen LogP contribution in [0.3, 0.4) is 0 Å². The third-order valence-electron chi connectivity index (χ3n) is 5.36. The number of benzene rings is 1. The fraction of sp³-hybridized carbons (Fsp3) is 0.160. The molecule has 3 aromatic heterocycles. The Labute approximate surface area is 211 Å². The Kier molecular flexibility index (Phi) is 6.24. The first kappa shape index (κ1) is 22.8. The highest BCUT2D eigenvalue weighted by Gasteiger charge is 2.33. The number of carbonyl (C=O) groups is 1. The van der Waals surface area contributed by atoms with Gasteiger partial charge in [0.25, 0.3) is 5.56 Å². The molecule has 0 N–H and O–H groups in total. The van der Waals surface area contributed by atoms with E-state index in [1.807, 2.05) is 53.9 Å². The molecule has 0 bridgehead atoms. The van der Waals surface area contributed by atoms with Gasteiger partial charge in [0.15, 0.2) is 4.80 Å². The normalized spacial score (nSPS) is 15.9. The molecule has 6 nitrogen and oxygen atoms in total. The number of carbonyl (C=O) groups excluding carboxylic acids is 1. The van der Waals surface area contributed by atoms with Crippen molar-refractivity contribution in [1.82, 2.24) is 4.57 Å². The van der Waals surface area contributed by atoms with Crippen LogP contribution in [-0.2, 0) is 9.53 Å². The van der Waals surface area contributed by atoms with E-state index in [4.69, 9.17) is 9.15 Å². The molecule has 0 fully saturated rings. The molecule has 34 heavy (non-hydrogen) atoms. The summed E-state index contributed by atoms with van der Waals surface area (Å²) in [6.45, 7) is 3.78. The van der Waals surface area contributed by atoms with Crippen LogP contribution in [0.15, 0.2) is 83.9 Å². The highest BCUT2D eigenvalue weighted by molar-refractivity contribution is 9.10. The van der Waals surface area contributed by atoms with Crippen LogP contribution in [0.25, 0.3) is 17.4 Å². The average Bonchev–Trinajstić information content (AvgIpc) is 3.56. The number of thiazole rings is 1. The van der Waals surface area contributed by atoms with Crippen molar-refractivity contribution < 1.29 is 13.9 Å². The van der Waals surface area contributed by atoms with Crippen LogP contribution in [-0.4, -0.2) is 17.1 Å². The molecule has 172 valence electrons. The molecule has 0 amide bonds. The van der Waals surface area contributed by atoms with Gasteiger partial charge in [0.1, 0.15) is 17.6 Å². The summed E-state index contributed by atoms with van der Waals surface area (Å²) >= 11 is 6.20. The summed E-state index contributed by atoms with van der Waals surface area (Å²) in [6, 6.07) is 14.8. The quantitative estimate of drug-likeness (QED) is 0.329. The average molecular weight is 555 g/mol. The Bertz CT molecular complexity index is 1570. The lowest BCUT2D eigenvalue weighted by Crippen LogP contribution is -2.39. The van der Waals surface area contributed by atoms with Crippen molar-refractivity contribution in [3.63, 3.8) is 0 Å². The van der Waals surface area contributed by atoms with E-state index in [1.54, 1.807) is 24.5 Å². The van der Waals surface area contributed by atoms with Crippen LogP contribution < -0.4 is 14.9 Å². The summed E-state index contributed by atoms with van der Waals surface area (Å²) in [4.78, 5) is 32.4. The Morgan fingerprint density at radius 2 is 2.03 bits per heavy atom. The number of esters is 1. The lowest BCUT2D eigenvalue weighted by atomic mass is 10.0. The lowest BCUT2D eigenvalue weighted by Gasteiger charge is -2.23. The smallest absolute Gasteiger partial charge is 0.338 e. The molecule has 0 aliphatic carbocycles. The van der Waals surface area contributed by atoms with Gasteiger partial charge in [-0.3, -0.25) is 9.36 Å². The summed E-state index contributed by atoms with van der Waals surface area (Å²) < 4.78 is 14.3. The lowest BCUT2D eigenvalue weighted by molar-refractivity contribution is -0.139. The van der Waals surface area contributed by atoms with Gasteiger partial charge in [-0.05, 0) is 49.6 Å². The minimum atomic E-state index is -0.577. The molecule has 1 aliphatic rings. The van der Waals surface area contributed by atoms with Crippen LogP contribution in [0.2, 0.25) is 0 Å². The standard InChI is InChI=1S/C25H19BrN2O4S2/c1-3-31-24(30)21-14(2)27-25-28(22(21)19-5-4-12-33-19)23(29)20(34-25)13-17-10-11-18(32-17)15-6-8-16(26)9-7-15/h4-13,22H,3H2,1-2H3/b20-13-. The molecule has 1 aromatic carbocycles. The molecule has 1 aliphatic heterocycles. The van der Waals surface area contributed by atoms with Crippen molar-refractivity contribution in [3.05, 3.63) is 100.0 Å². The molecule has 4 aromatic rings. The molecule has 1 atom stereocenters. The number of ether oxygens (including phenoxy) is 1. The second-order valence-corrected chi connectivity index (χ2v) is 10.4. The maximum absolute atomic E-state index is 13.5. The number of hydrogen-bond donors (Lipinski definition) is 0. The highest BCUT2D eigenvalue weighted by atomic mass is 79.9. The van der Waals surface area contributed by atoms with Crippen LogP contribution >= 0.6 is 38.6 Å². The second kappa shape index (κ2) is 9.32. The first-order valence-electron chi connectivity index (χ1n) is 10.5. The van der Waals surface area contributed by atoms with Gasteiger partial charge >= 0.3 is 5.97 Å². The van der Waals surface area contributed by atoms with Gasteiger partial charge in [-0.2, -0.15) is 0 Å².